The lowest BCUT2D eigenvalue weighted by atomic mass is 10.2. The van der Waals surface area contributed by atoms with Crippen LogP contribution in [0.3, 0.4) is 0 Å². The predicted octanol–water partition coefficient (Wildman–Crippen LogP) is 0.635. The van der Waals surface area contributed by atoms with Crippen molar-refractivity contribution < 1.29 is 4.52 Å². The summed E-state index contributed by atoms with van der Waals surface area (Å²) in [6.45, 7) is 1.94. The number of aryl methyl sites for hydroxylation is 1. The SMILES string of the molecule is CCc1noc(-c2cccn3c(=O)[nH]nc23)n1. The van der Waals surface area contributed by atoms with Crippen LogP contribution in [0.15, 0.2) is 27.6 Å². The van der Waals surface area contributed by atoms with E-state index in [0.717, 1.165) is 0 Å². The zero-order valence-electron chi connectivity index (χ0n) is 9.04. The van der Waals surface area contributed by atoms with Crippen molar-refractivity contribution in [3.63, 3.8) is 0 Å². The largest absolute Gasteiger partial charge is 0.347 e. The Bertz CT molecular complexity index is 723. The van der Waals surface area contributed by atoms with E-state index in [1.807, 2.05) is 6.92 Å². The maximum atomic E-state index is 11.4. The minimum absolute atomic E-state index is 0.294. The number of aromatic amines is 1. The molecule has 0 aromatic carbocycles. The highest BCUT2D eigenvalue weighted by Gasteiger charge is 2.13. The molecular weight excluding hydrogens is 222 g/mol. The van der Waals surface area contributed by atoms with Crippen molar-refractivity contribution in [2.75, 3.05) is 0 Å². The van der Waals surface area contributed by atoms with Gasteiger partial charge < -0.3 is 4.52 Å². The van der Waals surface area contributed by atoms with Crippen LogP contribution in [0.4, 0.5) is 0 Å². The summed E-state index contributed by atoms with van der Waals surface area (Å²) in [6, 6.07) is 3.51. The normalized spacial score (nSPS) is 11.1. The molecule has 0 aliphatic heterocycles. The molecule has 0 bridgehead atoms. The van der Waals surface area contributed by atoms with Crippen LogP contribution in [0, 0.1) is 0 Å². The van der Waals surface area contributed by atoms with E-state index in [0.29, 0.717) is 29.3 Å². The van der Waals surface area contributed by atoms with E-state index in [1.165, 1.54) is 4.40 Å². The number of hydrogen-bond acceptors (Lipinski definition) is 5. The van der Waals surface area contributed by atoms with Gasteiger partial charge in [-0.2, -0.15) is 10.1 Å². The van der Waals surface area contributed by atoms with Crippen molar-refractivity contribution in [2.45, 2.75) is 13.3 Å². The van der Waals surface area contributed by atoms with Crippen LogP contribution >= 0.6 is 0 Å². The van der Waals surface area contributed by atoms with Gasteiger partial charge in [0.05, 0.1) is 5.56 Å². The van der Waals surface area contributed by atoms with Gasteiger partial charge >= 0.3 is 5.69 Å². The number of H-pyrrole nitrogens is 1. The summed E-state index contributed by atoms with van der Waals surface area (Å²) >= 11 is 0. The topological polar surface area (TPSA) is 89.1 Å². The quantitative estimate of drug-likeness (QED) is 0.698. The van der Waals surface area contributed by atoms with Gasteiger partial charge in [0.25, 0.3) is 5.89 Å². The lowest BCUT2D eigenvalue weighted by Gasteiger charge is -1.95. The number of hydrogen-bond donors (Lipinski definition) is 1. The number of nitrogens with zero attached hydrogens (tertiary/aromatic N) is 4. The Morgan fingerprint density at radius 3 is 3.18 bits per heavy atom. The second-order valence-electron chi connectivity index (χ2n) is 3.51. The molecule has 3 aromatic heterocycles. The summed E-state index contributed by atoms with van der Waals surface area (Å²) in [5.41, 5.74) is 0.818. The summed E-state index contributed by atoms with van der Waals surface area (Å²) in [5, 5.41) is 10.1. The second kappa shape index (κ2) is 3.55. The molecule has 0 radical (unpaired) electrons. The lowest BCUT2D eigenvalue weighted by molar-refractivity contribution is 0.423. The fourth-order valence-electron chi connectivity index (χ4n) is 1.61. The van der Waals surface area contributed by atoms with Crippen molar-refractivity contribution in [1.82, 2.24) is 24.7 Å². The standard InChI is InChI=1S/C10H9N5O2/c1-2-7-11-9(17-14-7)6-4-3-5-15-8(6)12-13-10(15)16/h3-5H,2H2,1H3,(H,13,16). The Balaban J connectivity index is 2.26. The highest BCUT2D eigenvalue weighted by atomic mass is 16.5. The van der Waals surface area contributed by atoms with Gasteiger partial charge in [0.1, 0.15) is 0 Å². The van der Waals surface area contributed by atoms with Gasteiger partial charge in [0, 0.05) is 12.6 Å². The molecule has 0 amide bonds. The van der Waals surface area contributed by atoms with Crippen LogP contribution in [0.5, 0.6) is 0 Å². The molecule has 7 nitrogen and oxygen atoms in total. The smallest absolute Gasteiger partial charge is 0.334 e. The first-order valence-corrected chi connectivity index (χ1v) is 5.18. The van der Waals surface area contributed by atoms with Gasteiger partial charge in [0.15, 0.2) is 11.5 Å². The maximum absolute atomic E-state index is 11.4. The molecule has 0 fully saturated rings. The average Bonchev–Trinajstić information content (AvgIpc) is 2.96. The molecule has 86 valence electrons. The van der Waals surface area contributed by atoms with Gasteiger partial charge in [-0.25, -0.2) is 14.3 Å². The first-order valence-electron chi connectivity index (χ1n) is 5.18. The van der Waals surface area contributed by atoms with Gasteiger partial charge in [-0.3, -0.25) is 0 Å². The van der Waals surface area contributed by atoms with Crippen molar-refractivity contribution >= 4 is 5.65 Å². The zero-order valence-corrected chi connectivity index (χ0v) is 9.04. The van der Waals surface area contributed by atoms with E-state index >= 15 is 0 Å². The third kappa shape index (κ3) is 1.43. The monoisotopic (exact) mass is 231 g/mol. The Morgan fingerprint density at radius 2 is 2.41 bits per heavy atom. The van der Waals surface area contributed by atoms with Crippen molar-refractivity contribution in [3.8, 4) is 11.5 Å². The Labute approximate surface area is 95.1 Å². The molecule has 17 heavy (non-hydrogen) atoms. The molecule has 0 aliphatic carbocycles. The van der Waals surface area contributed by atoms with Crippen molar-refractivity contribution in [2.24, 2.45) is 0 Å². The molecule has 0 unspecified atom stereocenters. The lowest BCUT2D eigenvalue weighted by Crippen LogP contribution is -2.08. The summed E-state index contributed by atoms with van der Waals surface area (Å²) in [4.78, 5) is 15.6. The first kappa shape index (κ1) is 9.76. The average molecular weight is 231 g/mol. The second-order valence-corrected chi connectivity index (χ2v) is 3.51. The number of rotatable bonds is 2. The molecule has 3 heterocycles. The van der Waals surface area contributed by atoms with Gasteiger partial charge in [-0.15, -0.1) is 0 Å². The number of pyridine rings is 1. The molecule has 0 atom stereocenters. The van der Waals surface area contributed by atoms with Crippen LogP contribution < -0.4 is 5.69 Å². The van der Waals surface area contributed by atoms with Crippen LogP contribution in [-0.4, -0.2) is 24.7 Å². The summed E-state index contributed by atoms with van der Waals surface area (Å²) in [6.07, 6.45) is 2.32. The predicted molar refractivity (Wildman–Crippen MR) is 58.5 cm³/mol. The Hall–Kier alpha value is -2.44. The van der Waals surface area contributed by atoms with Gasteiger partial charge in [-0.1, -0.05) is 12.1 Å². The highest BCUT2D eigenvalue weighted by molar-refractivity contribution is 5.70. The molecule has 0 aliphatic rings. The molecule has 0 saturated carbocycles. The van der Waals surface area contributed by atoms with Gasteiger partial charge in [0.2, 0.25) is 0 Å². The van der Waals surface area contributed by atoms with Crippen molar-refractivity contribution in [3.05, 3.63) is 34.6 Å². The fourth-order valence-corrected chi connectivity index (χ4v) is 1.61. The van der Waals surface area contributed by atoms with Gasteiger partial charge in [-0.05, 0) is 12.1 Å². The first-order chi connectivity index (χ1) is 8.29. The van der Waals surface area contributed by atoms with E-state index < -0.39 is 0 Å². The number of nitrogens with one attached hydrogen (secondary N) is 1. The molecular formula is C10H9N5O2. The van der Waals surface area contributed by atoms with Crippen LogP contribution in [-0.2, 0) is 6.42 Å². The molecule has 7 heteroatoms. The minimum Gasteiger partial charge on any atom is -0.334 e. The number of fused-ring (bicyclic) bond motifs is 1. The van der Waals surface area contributed by atoms with E-state index in [1.54, 1.807) is 18.3 Å². The minimum atomic E-state index is -0.294. The summed E-state index contributed by atoms with van der Waals surface area (Å²) in [7, 11) is 0. The summed E-state index contributed by atoms with van der Waals surface area (Å²) in [5.74, 6) is 0.992. The Kier molecular flexibility index (Phi) is 2.04. The maximum Gasteiger partial charge on any atom is 0.347 e. The fraction of sp³-hybridized carbons (Fsp3) is 0.200. The van der Waals surface area contributed by atoms with Crippen LogP contribution in [0.25, 0.3) is 17.1 Å². The third-order valence-corrected chi connectivity index (χ3v) is 2.46. The molecule has 0 saturated heterocycles. The zero-order chi connectivity index (χ0) is 11.8. The van der Waals surface area contributed by atoms with E-state index in [9.17, 15) is 4.79 Å². The Morgan fingerprint density at radius 1 is 1.53 bits per heavy atom. The third-order valence-electron chi connectivity index (χ3n) is 2.46. The molecule has 3 aromatic rings. The van der Waals surface area contributed by atoms with E-state index in [4.69, 9.17) is 4.52 Å². The number of aromatic nitrogens is 5. The van der Waals surface area contributed by atoms with Crippen LogP contribution in [0.1, 0.15) is 12.7 Å². The van der Waals surface area contributed by atoms with E-state index in [-0.39, 0.29) is 5.69 Å². The van der Waals surface area contributed by atoms with E-state index in [2.05, 4.69) is 20.3 Å². The highest BCUT2D eigenvalue weighted by Crippen LogP contribution is 2.20. The molecule has 1 N–H and O–H groups in total. The van der Waals surface area contributed by atoms with Crippen molar-refractivity contribution in [1.29, 1.82) is 0 Å². The molecule has 3 rings (SSSR count). The molecule has 0 spiro atoms. The summed E-state index contributed by atoms with van der Waals surface area (Å²) < 4.78 is 6.52. The van der Waals surface area contributed by atoms with Crippen LogP contribution in [0.2, 0.25) is 0 Å².